The molecule has 1 aromatic carbocycles. The van der Waals surface area contributed by atoms with Crippen molar-refractivity contribution < 1.29 is 0 Å². The second-order valence-corrected chi connectivity index (χ2v) is 7.59. The van der Waals surface area contributed by atoms with E-state index in [9.17, 15) is 0 Å². The third kappa shape index (κ3) is 4.01. The van der Waals surface area contributed by atoms with Crippen molar-refractivity contribution in [1.29, 1.82) is 0 Å². The topological polar surface area (TPSA) is 38.9 Å². The van der Waals surface area contributed by atoms with Crippen molar-refractivity contribution in [3.05, 3.63) is 52.7 Å². The van der Waals surface area contributed by atoms with Crippen molar-refractivity contribution in [3.63, 3.8) is 0 Å². The molecule has 0 unspecified atom stereocenters. The fourth-order valence-electron chi connectivity index (χ4n) is 2.29. The number of aromatic nitrogens is 1. The molecule has 2 nitrogen and oxygen atoms in total. The smallest absolute Gasteiger partial charge is 0.123 e. The summed E-state index contributed by atoms with van der Waals surface area (Å²) in [5.41, 5.74) is 11.4. The number of rotatable bonds is 3. The third-order valence-corrected chi connectivity index (χ3v) is 4.71. The number of aryl methyl sites for hydroxylation is 2. The highest BCUT2D eigenvalue weighted by molar-refractivity contribution is 7.98. The summed E-state index contributed by atoms with van der Waals surface area (Å²) in [6, 6.07) is 8.53. The van der Waals surface area contributed by atoms with Crippen LogP contribution in [0, 0.1) is 13.8 Å². The summed E-state index contributed by atoms with van der Waals surface area (Å²) in [5, 5.41) is 0. The third-order valence-electron chi connectivity index (χ3n) is 3.70. The zero-order chi connectivity index (χ0) is 15.6. The highest BCUT2D eigenvalue weighted by Crippen LogP contribution is 2.30. The second kappa shape index (κ2) is 6.10. The molecular weight excluding hydrogens is 276 g/mol. The fraction of sp³-hybridized carbons (Fsp3) is 0.389. The number of anilines is 1. The molecule has 2 N–H and O–H groups in total. The first-order chi connectivity index (χ1) is 9.77. The van der Waals surface area contributed by atoms with Gasteiger partial charge in [-0.05, 0) is 53.6 Å². The van der Waals surface area contributed by atoms with Gasteiger partial charge in [0.25, 0.3) is 0 Å². The first-order valence-corrected chi connectivity index (χ1v) is 8.21. The second-order valence-electron chi connectivity index (χ2n) is 6.55. The monoisotopic (exact) mass is 300 g/mol. The van der Waals surface area contributed by atoms with Gasteiger partial charge in [0, 0.05) is 16.8 Å². The molecule has 0 atom stereocenters. The molecule has 112 valence electrons. The van der Waals surface area contributed by atoms with E-state index in [2.05, 4.69) is 51.7 Å². The van der Waals surface area contributed by atoms with E-state index >= 15 is 0 Å². The van der Waals surface area contributed by atoms with E-state index in [1.54, 1.807) is 11.8 Å². The molecule has 1 aromatic heterocycles. The van der Waals surface area contributed by atoms with Crippen molar-refractivity contribution in [2.24, 2.45) is 0 Å². The Labute approximate surface area is 132 Å². The lowest BCUT2D eigenvalue weighted by atomic mass is 9.84. The minimum atomic E-state index is 0.196. The van der Waals surface area contributed by atoms with Gasteiger partial charge in [-0.3, -0.25) is 0 Å². The van der Waals surface area contributed by atoms with Crippen LogP contribution in [-0.2, 0) is 11.2 Å². The van der Waals surface area contributed by atoms with Gasteiger partial charge in [0.05, 0.1) is 0 Å². The van der Waals surface area contributed by atoms with Gasteiger partial charge in [-0.1, -0.05) is 32.9 Å². The summed E-state index contributed by atoms with van der Waals surface area (Å²) < 4.78 is 0. The van der Waals surface area contributed by atoms with E-state index in [0.29, 0.717) is 5.82 Å². The largest absolute Gasteiger partial charge is 0.384 e. The van der Waals surface area contributed by atoms with Gasteiger partial charge in [-0.15, -0.1) is 11.8 Å². The molecule has 0 aliphatic rings. The molecule has 0 saturated carbocycles. The van der Waals surface area contributed by atoms with E-state index in [0.717, 1.165) is 10.6 Å². The number of benzene rings is 1. The number of nitrogens with zero attached hydrogens (tertiary/aromatic N) is 1. The zero-order valence-electron chi connectivity index (χ0n) is 13.5. The lowest BCUT2D eigenvalue weighted by Crippen LogP contribution is -2.12. The summed E-state index contributed by atoms with van der Waals surface area (Å²) >= 11 is 1.81. The fourth-order valence-corrected chi connectivity index (χ4v) is 3.34. The van der Waals surface area contributed by atoms with Gasteiger partial charge in [0.2, 0.25) is 0 Å². The van der Waals surface area contributed by atoms with E-state index < -0.39 is 0 Å². The Kier molecular flexibility index (Phi) is 4.62. The molecule has 0 aliphatic carbocycles. The molecule has 0 radical (unpaired) electrons. The molecule has 2 rings (SSSR count). The van der Waals surface area contributed by atoms with Gasteiger partial charge in [0.15, 0.2) is 0 Å². The highest BCUT2D eigenvalue weighted by atomic mass is 32.2. The lowest BCUT2D eigenvalue weighted by Gasteiger charge is -2.22. The molecule has 1 heterocycles. The molecule has 21 heavy (non-hydrogen) atoms. The molecule has 0 amide bonds. The molecule has 0 fully saturated rings. The highest BCUT2D eigenvalue weighted by Gasteiger charge is 2.16. The van der Waals surface area contributed by atoms with Crippen molar-refractivity contribution in [2.75, 3.05) is 5.73 Å². The van der Waals surface area contributed by atoms with Crippen LogP contribution in [0.4, 0.5) is 5.82 Å². The summed E-state index contributed by atoms with van der Waals surface area (Å²) in [6.07, 6.45) is 1.84. The minimum Gasteiger partial charge on any atom is -0.384 e. The van der Waals surface area contributed by atoms with Crippen molar-refractivity contribution >= 4 is 17.6 Å². The Balaban J connectivity index is 2.19. The van der Waals surface area contributed by atoms with E-state index in [4.69, 9.17) is 5.73 Å². The molecule has 2 aromatic rings. The van der Waals surface area contributed by atoms with Crippen molar-refractivity contribution in [1.82, 2.24) is 4.98 Å². The number of nitrogens with two attached hydrogens (primary N) is 1. The maximum absolute atomic E-state index is 5.62. The minimum absolute atomic E-state index is 0.196. The number of pyridine rings is 1. The Morgan fingerprint density at radius 3 is 2.19 bits per heavy atom. The van der Waals surface area contributed by atoms with Crippen LogP contribution < -0.4 is 5.73 Å². The predicted molar refractivity (Wildman–Crippen MR) is 92.8 cm³/mol. The van der Waals surface area contributed by atoms with Gasteiger partial charge >= 0.3 is 0 Å². The summed E-state index contributed by atoms with van der Waals surface area (Å²) in [5.74, 6) is 1.54. The average Bonchev–Trinajstić information content (AvgIpc) is 2.38. The molecule has 0 saturated heterocycles. The van der Waals surface area contributed by atoms with Gasteiger partial charge in [0.1, 0.15) is 5.82 Å². The van der Waals surface area contributed by atoms with Crippen LogP contribution in [0.3, 0.4) is 0 Å². The Morgan fingerprint density at radius 2 is 1.71 bits per heavy atom. The van der Waals surface area contributed by atoms with Crippen LogP contribution in [-0.4, -0.2) is 4.98 Å². The van der Waals surface area contributed by atoms with Crippen LogP contribution in [0.15, 0.2) is 35.4 Å². The normalized spacial score (nSPS) is 11.7. The molecule has 3 heteroatoms. The van der Waals surface area contributed by atoms with E-state index in [-0.39, 0.29) is 5.41 Å². The van der Waals surface area contributed by atoms with Crippen molar-refractivity contribution in [2.45, 2.75) is 50.7 Å². The lowest BCUT2D eigenvalue weighted by molar-refractivity contribution is 0.589. The van der Waals surface area contributed by atoms with E-state index in [1.165, 1.54) is 22.3 Å². The Hall–Kier alpha value is -1.48. The van der Waals surface area contributed by atoms with Gasteiger partial charge in [-0.25, -0.2) is 4.98 Å². The van der Waals surface area contributed by atoms with Gasteiger partial charge < -0.3 is 5.73 Å². The molecular formula is C18H24N2S. The maximum Gasteiger partial charge on any atom is 0.123 e. The van der Waals surface area contributed by atoms with Gasteiger partial charge in [-0.2, -0.15) is 0 Å². The van der Waals surface area contributed by atoms with E-state index in [1.807, 2.05) is 18.3 Å². The predicted octanol–water partition coefficient (Wildman–Crippen LogP) is 4.87. The molecule has 0 bridgehead atoms. The maximum atomic E-state index is 5.62. The van der Waals surface area contributed by atoms with Crippen LogP contribution in [0.2, 0.25) is 0 Å². The zero-order valence-corrected chi connectivity index (χ0v) is 14.3. The quantitative estimate of drug-likeness (QED) is 0.822. The van der Waals surface area contributed by atoms with Crippen LogP contribution in [0.5, 0.6) is 0 Å². The first kappa shape index (κ1) is 15.9. The average molecular weight is 300 g/mol. The standard InChI is InChI=1S/C18H24N2S/c1-12-8-14(18(3,4)5)9-13(2)16(12)11-21-15-6-7-17(19)20-10-15/h6-10H,11H2,1-5H3,(H2,19,20). The first-order valence-electron chi connectivity index (χ1n) is 7.22. The van der Waals surface area contributed by atoms with Crippen LogP contribution in [0.25, 0.3) is 0 Å². The summed E-state index contributed by atoms with van der Waals surface area (Å²) in [7, 11) is 0. The Morgan fingerprint density at radius 1 is 1.10 bits per heavy atom. The summed E-state index contributed by atoms with van der Waals surface area (Å²) in [6.45, 7) is 11.2. The van der Waals surface area contributed by atoms with Crippen molar-refractivity contribution in [3.8, 4) is 0 Å². The van der Waals surface area contributed by atoms with Crippen LogP contribution in [0.1, 0.15) is 43.0 Å². The molecule has 0 spiro atoms. The molecule has 0 aliphatic heterocycles. The number of thioether (sulfide) groups is 1. The summed E-state index contributed by atoms with van der Waals surface area (Å²) in [4.78, 5) is 5.30. The Bertz CT molecular complexity index is 602. The SMILES string of the molecule is Cc1cc(C(C)(C)C)cc(C)c1CSc1ccc(N)nc1. The number of hydrogen-bond acceptors (Lipinski definition) is 3. The number of hydrogen-bond donors (Lipinski definition) is 1. The van der Waals surface area contributed by atoms with Crippen LogP contribution >= 0.6 is 11.8 Å². The number of nitrogen functional groups attached to an aromatic ring is 1.